The fourth-order valence-electron chi connectivity index (χ4n) is 5.50. The van der Waals surface area contributed by atoms with Gasteiger partial charge in [-0.25, -0.2) is 4.79 Å². The van der Waals surface area contributed by atoms with Gasteiger partial charge in [0, 0.05) is 30.4 Å². The smallest absolute Gasteiger partial charge is 0.315 e. The molecule has 5 N–H and O–H groups in total. The molecule has 242 valence electrons. The van der Waals surface area contributed by atoms with E-state index in [1.807, 2.05) is 48.2 Å². The van der Waals surface area contributed by atoms with Crippen molar-refractivity contribution in [2.75, 3.05) is 18.9 Å². The molecule has 0 saturated carbocycles. The zero-order valence-corrected chi connectivity index (χ0v) is 26.2. The number of ether oxygens (including phenoxy) is 1. The molecule has 5 amide bonds. The summed E-state index contributed by atoms with van der Waals surface area (Å²) >= 11 is 1.88. The van der Waals surface area contributed by atoms with Crippen LogP contribution in [0.3, 0.4) is 0 Å². The van der Waals surface area contributed by atoms with Crippen LogP contribution in [-0.2, 0) is 25.6 Å². The maximum atomic E-state index is 13.2. The SMILES string of the molecule is O=C[C@H](CCCCNC(=O)CCCC[C@@H]1SC[C@@H]2NC(=O)N[C@@H]21)NC(=O)[C@H](Cc1ccccc1)NC(=O)COc1ccccc1. The molecule has 11 nitrogen and oxygen atoms in total. The zero-order valence-electron chi connectivity index (χ0n) is 25.4. The number of aldehydes is 1. The molecule has 0 bridgehead atoms. The first-order valence-electron chi connectivity index (χ1n) is 15.6. The van der Waals surface area contributed by atoms with Crippen molar-refractivity contribution in [2.24, 2.45) is 0 Å². The lowest BCUT2D eigenvalue weighted by Crippen LogP contribution is -2.52. The first-order valence-corrected chi connectivity index (χ1v) is 16.7. The molecule has 0 aliphatic carbocycles. The number of hydrogen-bond donors (Lipinski definition) is 5. The number of hydrogen-bond acceptors (Lipinski definition) is 7. The Morgan fingerprint density at radius 1 is 0.933 bits per heavy atom. The van der Waals surface area contributed by atoms with Crippen LogP contribution in [0.25, 0.3) is 0 Å². The van der Waals surface area contributed by atoms with Crippen LogP contribution in [0.5, 0.6) is 5.75 Å². The Morgan fingerprint density at radius 2 is 1.69 bits per heavy atom. The second-order valence-electron chi connectivity index (χ2n) is 11.4. The predicted octanol–water partition coefficient (Wildman–Crippen LogP) is 2.49. The fraction of sp³-hybridized carbons (Fsp3) is 0.485. The predicted molar refractivity (Wildman–Crippen MR) is 173 cm³/mol. The first-order chi connectivity index (χ1) is 21.9. The Hall–Kier alpha value is -4.06. The van der Waals surface area contributed by atoms with Crippen LogP contribution in [-0.4, -0.2) is 78.4 Å². The molecule has 2 aliphatic heterocycles. The summed E-state index contributed by atoms with van der Waals surface area (Å²) < 4.78 is 5.51. The monoisotopic (exact) mass is 637 g/mol. The Balaban J connectivity index is 1.12. The van der Waals surface area contributed by atoms with E-state index in [9.17, 15) is 24.0 Å². The van der Waals surface area contributed by atoms with E-state index in [0.717, 1.165) is 30.6 Å². The number of carbonyl (C=O) groups excluding carboxylic acids is 5. The summed E-state index contributed by atoms with van der Waals surface area (Å²) in [5, 5.41) is 14.8. The van der Waals surface area contributed by atoms with E-state index in [1.165, 1.54) is 0 Å². The second kappa shape index (κ2) is 18.0. The van der Waals surface area contributed by atoms with Gasteiger partial charge in [0.2, 0.25) is 11.8 Å². The third kappa shape index (κ3) is 11.4. The molecular formula is C33H43N5O6S. The van der Waals surface area contributed by atoms with Crippen LogP contribution in [0.4, 0.5) is 4.79 Å². The van der Waals surface area contributed by atoms with Crippen molar-refractivity contribution in [3.8, 4) is 5.75 Å². The van der Waals surface area contributed by atoms with E-state index < -0.39 is 23.9 Å². The molecular weight excluding hydrogens is 594 g/mol. The van der Waals surface area contributed by atoms with Crippen molar-refractivity contribution in [2.45, 2.75) is 80.8 Å². The Labute approximate surface area is 268 Å². The maximum Gasteiger partial charge on any atom is 0.315 e. The number of fused-ring (bicyclic) bond motifs is 1. The van der Waals surface area contributed by atoms with E-state index in [1.54, 1.807) is 24.3 Å². The molecule has 2 aromatic carbocycles. The van der Waals surface area contributed by atoms with Crippen LogP contribution in [0.15, 0.2) is 60.7 Å². The number of nitrogens with one attached hydrogen (secondary N) is 5. The molecule has 2 fully saturated rings. The van der Waals surface area contributed by atoms with Crippen molar-refractivity contribution in [1.82, 2.24) is 26.6 Å². The van der Waals surface area contributed by atoms with E-state index in [2.05, 4.69) is 26.6 Å². The summed E-state index contributed by atoms with van der Waals surface area (Å²) in [7, 11) is 0. The number of para-hydroxylation sites is 1. The minimum atomic E-state index is -0.886. The first kappa shape index (κ1) is 33.8. The zero-order chi connectivity index (χ0) is 31.9. The van der Waals surface area contributed by atoms with E-state index in [4.69, 9.17) is 4.74 Å². The number of urea groups is 1. The highest BCUT2D eigenvalue weighted by molar-refractivity contribution is 8.00. The van der Waals surface area contributed by atoms with Gasteiger partial charge in [-0.2, -0.15) is 11.8 Å². The highest BCUT2D eigenvalue weighted by atomic mass is 32.2. The number of amides is 5. The number of benzene rings is 2. The average Bonchev–Trinajstić information content (AvgIpc) is 3.61. The molecule has 2 aliphatic rings. The van der Waals surface area contributed by atoms with Gasteiger partial charge in [0.1, 0.15) is 18.1 Å². The largest absolute Gasteiger partial charge is 0.484 e. The maximum absolute atomic E-state index is 13.2. The van der Waals surface area contributed by atoms with E-state index in [0.29, 0.717) is 49.5 Å². The molecule has 5 atom stereocenters. The minimum Gasteiger partial charge on any atom is -0.484 e. The van der Waals surface area contributed by atoms with Crippen LogP contribution >= 0.6 is 11.8 Å². The topological polar surface area (TPSA) is 155 Å². The van der Waals surface area contributed by atoms with Crippen LogP contribution in [0.2, 0.25) is 0 Å². The lowest BCUT2D eigenvalue weighted by atomic mass is 10.0. The number of thioether (sulfide) groups is 1. The Morgan fingerprint density at radius 3 is 2.44 bits per heavy atom. The summed E-state index contributed by atoms with van der Waals surface area (Å²) in [5.41, 5.74) is 0.867. The number of carbonyl (C=O) groups is 5. The van der Waals surface area contributed by atoms with Gasteiger partial charge in [0.25, 0.3) is 5.91 Å². The summed E-state index contributed by atoms with van der Waals surface area (Å²) in [6.45, 7) is 0.246. The van der Waals surface area contributed by atoms with Crippen LogP contribution in [0.1, 0.15) is 50.5 Å². The van der Waals surface area contributed by atoms with Crippen molar-refractivity contribution in [1.29, 1.82) is 0 Å². The molecule has 4 rings (SSSR count). The molecule has 12 heteroatoms. The van der Waals surface area contributed by atoms with Crippen molar-refractivity contribution < 1.29 is 28.7 Å². The third-order valence-electron chi connectivity index (χ3n) is 7.88. The van der Waals surface area contributed by atoms with E-state index >= 15 is 0 Å². The summed E-state index contributed by atoms with van der Waals surface area (Å²) in [5.74, 6) is 0.580. The third-order valence-corrected chi connectivity index (χ3v) is 9.39. The van der Waals surface area contributed by atoms with Crippen molar-refractivity contribution >= 4 is 41.8 Å². The summed E-state index contributed by atoms with van der Waals surface area (Å²) in [6, 6.07) is 17.0. The lowest BCUT2D eigenvalue weighted by Gasteiger charge is -2.21. The highest BCUT2D eigenvalue weighted by Gasteiger charge is 2.42. The number of unbranched alkanes of at least 4 members (excludes halogenated alkanes) is 2. The van der Waals surface area contributed by atoms with Gasteiger partial charge in [0.15, 0.2) is 6.61 Å². The second-order valence-corrected chi connectivity index (χ2v) is 12.6. The molecule has 2 heterocycles. The molecule has 0 spiro atoms. The van der Waals surface area contributed by atoms with Crippen molar-refractivity contribution in [3.05, 3.63) is 66.2 Å². The van der Waals surface area contributed by atoms with Crippen molar-refractivity contribution in [3.63, 3.8) is 0 Å². The van der Waals surface area contributed by atoms with Gasteiger partial charge >= 0.3 is 6.03 Å². The average molecular weight is 638 g/mol. The fourth-order valence-corrected chi connectivity index (χ4v) is 7.04. The molecule has 0 aromatic heterocycles. The lowest BCUT2D eigenvalue weighted by molar-refractivity contribution is -0.131. The van der Waals surface area contributed by atoms with Crippen LogP contribution in [0, 0.1) is 0 Å². The number of rotatable bonds is 19. The van der Waals surface area contributed by atoms with Gasteiger partial charge < -0.3 is 36.1 Å². The highest BCUT2D eigenvalue weighted by Crippen LogP contribution is 2.33. The van der Waals surface area contributed by atoms with Gasteiger partial charge in [-0.3, -0.25) is 14.4 Å². The molecule has 45 heavy (non-hydrogen) atoms. The summed E-state index contributed by atoms with van der Waals surface area (Å²) in [6.07, 6.45) is 5.82. The molecule has 2 aromatic rings. The van der Waals surface area contributed by atoms with Gasteiger partial charge in [-0.1, -0.05) is 55.0 Å². The quantitative estimate of drug-likeness (QED) is 0.0901. The molecule has 0 unspecified atom stereocenters. The van der Waals surface area contributed by atoms with Gasteiger partial charge in [0.05, 0.1) is 18.1 Å². The Kier molecular flexibility index (Phi) is 13.6. The summed E-state index contributed by atoms with van der Waals surface area (Å²) in [4.78, 5) is 61.4. The minimum absolute atomic E-state index is 0.00114. The van der Waals surface area contributed by atoms with Crippen LogP contribution < -0.4 is 31.3 Å². The normalized spacial score (nSPS) is 19.7. The standard InChI is InChI=1S/C33H43N5O6S/c39-20-24(13-9-10-18-34-29(40)17-8-7-16-28-31-27(22-45-28)37-33(43)38-31)35-32(42)26(19-23-11-3-1-4-12-23)36-30(41)21-44-25-14-5-2-6-15-25/h1-6,11-12,14-15,20,24,26-28,31H,7-10,13,16-19,21-22H2,(H,34,40)(H,35,42)(H,36,41)(H2,37,38,43)/t24-,26-,27-,28-,31-/m0/s1. The van der Waals surface area contributed by atoms with Gasteiger partial charge in [-0.05, 0) is 49.8 Å². The van der Waals surface area contributed by atoms with Gasteiger partial charge in [-0.15, -0.1) is 0 Å². The van der Waals surface area contributed by atoms with E-state index in [-0.39, 0.29) is 37.0 Å². The Bertz CT molecular complexity index is 1270. The molecule has 2 saturated heterocycles. The molecule has 0 radical (unpaired) electrons.